The second-order valence-corrected chi connectivity index (χ2v) is 2.79. The molecular formula is C10H16ClN. The summed E-state index contributed by atoms with van der Waals surface area (Å²) in [7, 11) is 0. The fourth-order valence-corrected chi connectivity index (χ4v) is 1.15. The van der Waals surface area contributed by atoms with Gasteiger partial charge in [0, 0.05) is 12.1 Å². The largest absolute Gasteiger partial charge is 1.00 e. The van der Waals surface area contributed by atoms with E-state index in [-0.39, 0.29) is 12.4 Å². The third-order valence-corrected chi connectivity index (χ3v) is 1.86. The summed E-state index contributed by atoms with van der Waals surface area (Å²) in [6.45, 7) is 5.42. The quantitative estimate of drug-likeness (QED) is 0.530. The highest BCUT2D eigenvalue weighted by Gasteiger charge is 1.95. The highest BCUT2D eigenvalue weighted by atomic mass is 35.5. The number of halogens is 1. The Morgan fingerprint density at radius 1 is 1.17 bits per heavy atom. The van der Waals surface area contributed by atoms with Crippen molar-refractivity contribution in [2.24, 2.45) is 0 Å². The van der Waals surface area contributed by atoms with Crippen molar-refractivity contribution in [3.8, 4) is 0 Å². The maximum absolute atomic E-state index is 2.21. The molecule has 0 aliphatic carbocycles. The lowest BCUT2D eigenvalue weighted by atomic mass is 10.2. The first-order valence-corrected chi connectivity index (χ1v) is 4.34. The summed E-state index contributed by atoms with van der Waals surface area (Å²) in [5, 5.41) is 0. The number of aromatic nitrogens is 1. The summed E-state index contributed by atoms with van der Waals surface area (Å²) in [5.41, 5.74) is 1.44. The van der Waals surface area contributed by atoms with Crippen LogP contribution in [-0.2, 0) is 13.0 Å². The van der Waals surface area contributed by atoms with Crippen LogP contribution in [0.15, 0.2) is 24.5 Å². The van der Waals surface area contributed by atoms with Crippen LogP contribution in [0, 0.1) is 0 Å². The van der Waals surface area contributed by atoms with Crippen molar-refractivity contribution >= 4 is 0 Å². The van der Waals surface area contributed by atoms with Crippen molar-refractivity contribution in [3.63, 3.8) is 0 Å². The van der Waals surface area contributed by atoms with Gasteiger partial charge in [0.05, 0.1) is 0 Å². The van der Waals surface area contributed by atoms with E-state index in [0.717, 1.165) is 6.54 Å². The van der Waals surface area contributed by atoms with Gasteiger partial charge in [0.25, 0.3) is 0 Å². The Balaban J connectivity index is 0.00000121. The van der Waals surface area contributed by atoms with Crippen LogP contribution in [0.2, 0.25) is 0 Å². The molecule has 12 heavy (non-hydrogen) atoms. The highest BCUT2D eigenvalue weighted by Crippen LogP contribution is 1.98. The average Bonchev–Trinajstić information content (AvgIpc) is 2.07. The number of pyridine rings is 1. The van der Waals surface area contributed by atoms with Crippen molar-refractivity contribution in [2.75, 3.05) is 0 Å². The van der Waals surface area contributed by atoms with E-state index in [4.69, 9.17) is 0 Å². The van der Waals surface area contributed by atoms with Crippen LogP contribution in [0.4, 0.5) is 0 Å². The van der Waals surface area contributed by atoms with Crippen LogP contribution in [0.1, 0.15) is 25.8 Å². The van der Waals surface area contributed by atoms with Gasteiger partial charge in [-0.1, -0.05) is 13.3 Å². The van der Waals surface area contributed by atoms with Crippen LogP contribution in [0.3, 0.4) is 0 Å². The molecule has 1 aromatic heterocycles. The molecule has 0 atom stereocenters. The SMILES string of the molecule is CCCc1cc[n+](CC)cc1.[Cl-]. The highest BCUT2D eigenvalue weighted by molar-refractivity contribution is 5.06. The molecule has 0 bridgehead atoms. The second-order valence-electron chi connectivity index (χ2n) is 2.79. The number of rotatable bonds is 3. The van der Waals surface area contributed by atoms with Gasteiger partial charge >= 0.3 is 0 Å². The van der Waals surface area contributed by atoms with Gasteiger partial charge in [-0.2, -0.15) is 0 Å². The third kappa shape index (κ3) is 3.22. The van der Waals surface area contributed by atoms with Gasteiger partial charge in [-0.3, -0.25) is 0 Å². The van der Waals surface area contributed by atoms with Crippen LogP contribution in [-0.4, -0.2) is 0 Å². The Labute approximate surface area is 80.8 Å². The Morgan fingerprint density at radius 3 is 2.17 bits per heavy atom. The predicted octanol–water partition coefficient (Wildman–Crippen LogP) is -1.05. The van der Waals surface area contributed by atoms with Crippen LogP contribution >= 0.6 is 0 Å². The summed E-state index contributed by atoms with van der Waals surface area (Å²) in [6.07, 6.45) is 6.72. The summed E-state index contributed by atoms with van der Waals surface area (Å²) in [6, 6.07) is 4.40. The first-order chi connectivity index (χ1) is 5.36. The minimum atomic E-state index is 0. The topological polar surface area (TPSA) is 3.88 Å². The molecule has 0 saturated heterocycles. The normalized spacial score (nSPS) is 9.17. The molecule has 1 aromatic rings. The first-order valence-electron chi connectivity index (χ1n) is 4.34. The zero-order valence-corrected chi connectivity index (χ0v) is 8.51. The molecular weight excluding hydrogens is 170 g/mol. The summed E-state index contributed by atoms with van der Waals surface area (Å²) >= 11 is 0. The molecule has 0 fully saturated rings. The van der Waals surface area contributed by atoms with Gasteiger partial charge in [-0.15, -0.1) is 0 Å². The molecule has 0 aliphatic rings. The monoisotopic (exact) mass is 185 g/mol. The third-order valence-electron chi connectivity index (χ3n) is 1.86. The fraction of sp³-hybridized carbons (Fsp3) is 0.500. The van der Waals surface area contributed by atoms with Crippen LogP contribution in [0.5, 0.6) is 0 Å². The Morgan fingerprint density at radius 2 is 1.75 bits per heavy atom. The van der Waals surface area contributed by atoms with Gasteiger partial charge in [-0.05, 0) is 18.9 Å². The maximum atomic E-state index is 2.21. The number of hydrogen-bond acceptors (Lipinski definition) is 0. The fourth-order valence-electron chi connectivity index (χ4n) is 1.15. The predicted molar refractivity (Wildman–Crippen MR) is 46.3 cm³/mol. The molecule has 1 nitrogen and oxygen atoms in total. The average molecular weight is 186 g/mol. The van der Waals surface area contributed by atoms with E-state index < -0.39 is 0 Å². The molecule has 68 valence electrons. The molecule has 0 N–H and O–H groups in total. The van der Waals surface area contributed by atoms with Gasteiger partial charge in [-0.25, -0.2) is 4.57 Å². The van der Waals surface area contributed by atoms with Gasteiger partial charge < -0.3 is 12.4 Å². The van der Waals surface area contributed by atoms with E-state index in [9.17, 15) is 0 Å². The molecule has 1 heterocycles. The molecule has 0 saturated carbocycles. The minimum absolute atomic E-state index is 0. The van der Waals surface area contributed by atoms with E-state index in [1.807, 2.05) is 0 Å². The standard InChI is InChI=1S/C10H16N.ClH/c1-3-5-10-6-8-11(4-2)9-7-10;/h6-9H,3-5H2,1-2H3;1H/q+1;/p-1. The van der Waals surface area contributed by atoms with E-state index >= 15 is 0 Å². The lowest BCUT2D eigenvalue weighted by Gasteiger charge is -1.95. The van der Waals surface area contributed by atoms with Crippen molar-refractivity contribution < 1.29 is 17.0 Å². The summed E-state index contributed by atoms with van der Waals surface area (Å²) in [5.74, 6) is 0. The Bertz CT molecular complexity index is 206. The van der Waals surface area contributed by atoms with E-state index in [1.54, 1.807) is 0 Å². The first kappa shape index (κ1) is 11.4. The van der Waals surface area contributed by atoms with Gasteiger partial charge in [0.15, 0.2) is 12.4 Å². The Kier molecular flexibility index (Phi) is 5.73. The van der Waals surface area contributed by atoms with E-state index in [2.05, 4.69) is 42.9 Å². The van der Waals surface area contributed by atoms with Gasteiger partial charge in [0.1, 0.15) is 6.54 Å². The van der Waals surface area contributed by atoms with Crippen molar-refractivity contribution in [1.82, 2.24) is 0 Å². The second kappa shape index (κ2) is 6.01. The van der Waals surface area contributed by atoms with Crippen molar-refractivity contribution in [3.05, 3.63) is 30.1 Å². The van der Waals surface area contributed by atoms with Crippen LogP contribution < -0.4 is 17.0 Å². The molecule has 0 spiro atoms. The van der Waals surface area contributed by atoms with Crippen molar-refractivity contribution in [2.45, 2.75) is 33.2 Å². The molecule has 2 heteroatoms. The maximum Gasteiger partial charge on any atom is 0.169 e. The number of hydrogen-bond donors (Lipinski definition) is 0. The number of aryl methyl sites for hydroxylation is 2. The molecule has 0 unspecified atom stereocenters. The van der Waals surface area contributed by atoms with Crippen molar-refractivity contribution in [1.29, 1.82) is 0 Å². The molecule has 0 amide bonds. The molecule has 0 aliphatic heterocycles. The number of nitrogens with zero attached hydrogens (tertiary/aromatic N) is 1. The van der Waals surface area contributed by atoms with Gasteiger partial charge in [0.2, 0.25) is 0 Å². The molecule has 1 rings (SSSR count). The van der Waals surface area contributed by atoms with E-state index in [0.29, 0.717) is 0 Å². The molecule has 0 aromatic carbocycles. The zero-order chi connectivity index (χ0) is 8.10. The summed E-state index contributed by atoms with van der Waals surface area (Å²) < 4.78 is 2.18. The minimum Gasteiger partial charge on any atom is -1.00 e. The molecule has 0 radical (unpaired) electrons. The smallest absolute Gasteiger partial charge is 0.169 e. The van der Waals surface area contributed by atoms with Crippen LogP contribution in [0.25, 0.3) is 0 Å². The van der Waals surface area contributed by atoms with E-state index in [1.165, 1.54) is 18.4 Å². The summed E-state index contributed by atoms with van der Waals surface area (Å²) in [4.78, 5) is 0. The lowest BCUT2D eigenvalue weighted by molar-refractivity contribution is -0.693. The Hall–Kier alpha value is -0.560. The lowest BCUT2D eigenvalue weighted by Crippen LogP contribution is -3.00. The zero-order valence-electron chi connectivity index (χ0n) is 7.76.